The van der Waals surface area contributed by atoms with Gasteiger partial charge in [0.15, 0.2) is 0 Å². The van der Waals surface area contributed by atoms with Crippen molar-refractivity contribution >= 4 is 17.5 Å². The predicted molar refractivity (Wildman–Crippen MR) is 120 cm³/mol. The van der Waals surface area contributed by atoms with Crippen molar-refractivity contribution in [1.82, 2.24) is 0 Å². The lowest BCUT2D eigenvalue weighted by atomic mass is 9.42. The van der Waals surface area contributed by atoms with Crippen molar-refractivity contribution in [2.75, 3.05) is 7.11 Å². The van der Waals surface area contributed by atoms with E-state index in [0.29, 0.717) is 54.5 Å². The molecule has 9 atom stereocenters. The van der Waals surface area contributed by atoms with Crippen molar-refractivity contribution in [3.05, 3.63) is 0 Å². The molecule has 0 aliphatic heterocycles. The average Bonchev–Trinajstić information content (AvgIpc) is 3.10. The summed E-state index contributed by atoms with van der Waals surface area (Å²) in [5, 5.41) is 0. The third-order valence-corrected chi connectivity index (χ3v) is 10.8. The molecule has 0 amide bonds. The zero-order valence-corrected chi connectivity index (χ0v) is 20.2. The molecule has 4 aliphatic carbocycles. The Hall–Kier alpha value is -1.19. The molecule has 0 aromatic rings. The number of carbonyl (C=O) groups excluding carboxylic acids is 3. The number of carbonyl (C=O) groups is 3. The summed E-state index contributed by atoms with van der Waals surface area (Å²) in [5.74, 6) is 3.21. The second-order valence-electron chi connectivity index (χ2n) is 11.8. The Labute approximate surface area is 188 Å². The number of Topliss-reactive ketones (excluding diaryl/α,β-unsaturated/α-hetero) is 2. The van der Waals surface area contributed by atoms with Gasteiger partial charge in [-0.1, -0.05) is 27.7 Å². The van der Waals surface area contributed by atoms with Gasteiger partial charge >= 0.3 is 5.97 Å². The molecule has 4 rings (SSSR count). The second kappa shape index (κ2) is 8.30. The molecular weight excluding hydrogens is 388 g/mol. The van der Waals surface area contributed by atoms with Crippen LogP contribution >= 0.6 is 0 Å². The van der Waals surface area contributed by atoms with Crippen molar-refractivity contribution < 1.29 is 19.1 Å². The quantitative estimate of drug-likeness (QED) is 0.531. The lowest BCUT2D eigenvalue weighted by Gasteiger charge is -2.61. The molecule has 4 aliphatic rings. The van der Waals surface area contributed by atoms with Crippen molar-refractivity contribution in [1.29, 1.82) is 0 Å². The molecule has 4 saturated carbocycles. The predicted octanol–water partition coefficient (Wildman–Crippen LogP) is 5.62. The van der Waals surface area contributed by atoms with Crippen LogP contribution in [0.5, 0.6) is 0 Å². The lowest BCUT2D eigenvalue weighted by Crippen LogP contribution is -2.60. The van der Waals surface area contributed by atoms with E-state index in [4.69, 9.17) is 4.74 Å². The zero-order chi connectivity index (χ0) is 22.6. The molecular formula is C27H42O4. The van der Waals surface area contributed by atoms with Crippen LogP contribution in [-0.4, -0.2) is 24.6 Å². The first-order valence-electron chi connectivity index (χ1n) is 12.8. The van der Waals surface area contributed by atoms with Gasteiger partial charge in [-0.25, -0.2) is 0 Å². The van der Waals surface area contributed by atoms with Crippen molar-refractivity contribution in [3.8, 4) is 0 Å². The highest BCUT2D eigenvalue weighted by atomic mass is 16.5. The fraction of sp³-hybridized carbons (Fsp3) is 0.889. The molecule has 4 fully saturated rings. The Morgan fingerprint density at radius 1 is 1.06 bits per heavy atom. The first-order chi connectivity index (χ1) is 14.7. The molecule has 0 bridgehead atoms. The maximum atomic E-state index is 13.9. The highest BCUT2D eigenvalue weighted by Gasteiger charge is 2.65. The van der Waals surface area contributed by atoms with E-state index in [9.17, 15) is 14.4 Å². The van der Waals surface area contributed by atoms with Crippen LogP contribution in [0.2, 0.25) is 0 Å². The van der Waals surface area contributed by atoms with E-state index in [1.807, 2.05) is 0 Å². The van der Waals surface area contributed by atoms with Crippen LogP contribution in [0.4, 0.5) is 0 Å². The standard InChI is InChI=1S/C27H42O4/c1-6-18-22-15-17(28)11-13-27(22,4)21-12-14-26(3)19(16(2)7-10-23(29)31-5)8-9-20(26)24(21)25(18)30/h16,18-22,24H,6-15H2,1-5H3/t16-,18?,19-,20+,21+,22+,24+,26-,27-/m1/s1. The van der Waals surface area contributed by atoms with E-state index in [1.165, 1.54) is 20.0 Å². The molecule has 0 aromatic carbocycles. The summed E-state index contributed by atoms with van der Waals surface area (Å²) in [7, 11) is 1.46. The van der Waals surface area contributed by atoms with Gasteiger partial charge in [-0.05, 0) is 85.4 Å². The first kappa shape index (κ1) is 23.0. The number of hydrogen-bond acceptors (Lipinski definition) is 4. The van der Waals surface area contributed by atoms with Gasteiger partial charge in [0.1, 0.15) is 11.6 Å². The molecule has 0 spiro atoms. The minimum absolute atomic E-state index is 0.0636. The molecule has 174 valence electrons. The SMILES string of the molecule is CCC1C(=O)[C@@H]2[C@H](CC[C@]3(C)[C@@H]([C@H](C)CCC(=O)OC)CC[C@@H]23)[C@@]2(C)CCC(=O)C[C@@H]12. The number of ether oxygens (including phenoxy) is 1. The highest BCUT2D eigenvalue weighted by molar-refractivity contribution is 5.88. The number of methoxy groups -OCH3 is 1. The summed E-state index contributed by atoms with van der Waals surface area (Å²) in [6.07, 6.45) is 9.18. The summed E-state index contributed by atoms with van der Waals surface area (Å²) in [5.41, 5.74) is 0.335. The van der Waals surface area contributed by atoms with E-state index < -0.39 is 0 Å². The fourth-order valence-electron chi connectivity index (χ4n) is 9.07. The number of rotatable bonds is 5. The van der Waals surface area contributed by atoms with Crippen molar-refractivity contribution in [2.45, 2.75) is 91.9 Å². The van der Waals surface area contributed by atoms with Gasteiger partial charge in [-0.15, -0.1) is 0 Å². The van der Waals surface area contributed by atoms with E-state index in [0.717, 1.165) is 32.1 Å². The average molecular weight is 431 g/mol. The summed E-state index contributed by atoms with van der Waals surface area (Å²) < 4.78 is 4.87. The van der Waals surface area contributed by atoms with Crippen LogP contribution in [0, 0.1) is 52.3 Å². The molecule has 4 heteroatoms. The summed E-state index contributed by atoms with van der Waals surface area (Å²) >= 11 is 0. The molecule has 0 heterocycles. The molecule has 4 nitrogen and oxygen atoms in total. The minimum Gasteiger partial charge on any atom is -0.469 e. The van der Waals surface area contributed by atoms with Crippen molar-refractivity contribution in [2.24, 2.45) is 52.3 Å². The largest absolute Gasteiger partial charge is 0.469 e. The van der Waals surface area contributed by atoms with Gasteiger partial charge in [0.05, 0.1) is 7.11 Å². The molecule has 0 saturated heterocycles. The van der Waals surface area contributed by atoms with Gasteiger partial charge in [0, 0.05) is 31.1 Å². The number of hydrogen-bond donors (Lipinski definition) is 0. The first-order valence-corrected chi connectivity index (χ1v) is 12.8. The van der Waals surface area contributed by atoms with Crippen LogP contribution in [0.25, 0.3) is 0 Å². The highest BCUT2D eigenvalue weighted by Crippen LogP contribution is 2.68. The molecule has 31 heavy (non-hydrogen) atoms. The molecule has 0 aromatic heterocycles. The Bertz CT molecular complexity index is 744. The van der Waals surface area contributed by atoms with Crippen LogP contribution in [0.15, 0.2) is 0 Å². The topological polar surface area (TPSA) is 60.4 Å². The lowest BCUT2D eigenvalue weighted by molar-refractivity contribution is -0.169. The van der Waals surface area contributed by atoms with E-state index in [-0.39, 0.29) is 34.6 Å². The molecule has 1 unspecified atom stereocenters. The number of fused-ring (bicyclic) bond motifs is 5. The van der Waals surface area contributed by atoms with Crippen LogP contribution in [-0.2, 0) is 19.1 Å². The van der Waals surface area contributed by atoms with Gasteiger partial charge in [0.2, 0.25) is 0 Å². The molecule has 0 radical (unpaired) electrons. The summed E-state index contributed by atoms with van der Waals surface area (Å²) in [4.78, 5) is 38.0. The normalized spacial score (nSPS) is 45.5. The Kier molecular flexibility index (Phi) is 6.15. The Morgan fingerprint density at radius 3 is 2.45 bits per heavy atom. The molecule has 0 N–H and O–H groups in total. The van der Waals surface area contributed by atoms with Crippen LogP contribution in [0.1, 0.15) is 91.9 Å². The Morgan fingerprint density at radius 2 is 1.77 bits per heavy atom. The second-order valence-corrected chi connectivity index (χ2v) is 11.8. The summed E-state index contributed by atoms with van der Waals surface area (Å²) in [6.45, 7) is 9.32. The maximum Gasteiger partial charge on any atom is 0.305 e. The van der Waals surface area contributed by atoms with Crippen molar-refractivity contribution in [3.63, 3.8) is 0 Å². The van der Waals surface area contributed by atoms with E-state index in [2.05, 4.69) is 27.7 Å². The maximum absolute atomic E-state index is 13.9. The zero-order valence-electron chi connectivity index (χ0n) is 20.2. The smallest absolute Gasteiger partial charge is 0.305 e. The third-order valence-electron chi connectivity index (χ3n) is 10.8. The van der Waals surface area contributed by atoms with Gasteiger partial charge in [0.25, 0.3) is 0 Å². The van der Waals surface area contributed by atoms with Crippen LogP contribution < -0.4 is 0 Å². The van der Waals surface area contributed by atoms with Gasteiger partial charge in [-0.3, -0.25) is 14.4 Å². The van der Waals surface area contributed by atoms with Crippen LogP contribution in [0.3, 0.4) is 0 Å². The summed E-state index contributed by atoms with van der Waals surface area (Å²) in [6, 6.07) is 0. The van der Waals surface area contributed by atoms with Gasteiger partial charge in [-0.2, -0.15) is 0 Å². The monoisotopic (exact) mass is 430 g/mol. The minimum atomic E-state index is -0.116. The fourth-order valence-corrected chi connectivity index (χ4v) is 9.07. The van der Waals surface area contributed by atoms with E-state index >= 15 is 0 Å². The van der Waals surface area contributed by atoms with E-state index in [1.54, 1.807) is 0 Å². The third kappa shape index (κ3) is 3.51. The number of ketones is 2. The number of esters is 1. The van der Waals surface area contributed by atoms with Gasteiger partial charge < -0.3 is 4.74 Å². The Balaban J connectivity index is 1.60.